The van der Waals surface area contributed by atoms with Gasteiger partial charge in [0.15, 0.2) is 0 Å². The van der Waals surface area contributed by atoms with Crippen LogP contribution in [-0.2, 0) is 6.42 Å². The van der Waals surface area contributed by atoms with E-state index in [1.165, 1.54) is 44.9 Å². The molecule has 0 radical (unpaired) electrons. The summed E-state index contributed by atoms with van der Waals surface area (Å²) in [5.41, 5.74) is 10.1. The van der Waals surface area contributed by atoms with E-state index in [2.05, 4.69) is 97.8 Å². The van der Waals surface area contributed by atoms with Crippen LogP contribution in [0.15, 0.2) is 67.3 Å². The van der Waals surface area contributed by atoms with Crippen molar-refractivity contribution in [1.29, 1.82) is 0 Å². The van der Waals surface area contributed by atoms with E-state index in [4.69, 9.17) is 0 Å². The van der Waals surface area contributed by atoms with Gasteiger partial charge in [0.25, 0.3) is 0 Å². The molecule has 0 amide bonds. The van der Waals surface area contributed by atoms with Crippen LogP contribution in [-0.4, -0.2) is 4.57 Å². The highest BCUT2D eigenvalue weighted by atomic mass is 15.0. The first-order chi connectivity index (χ1) is 13.2. The molecule has 0 aliphatic heterocycles. The average molecular weight is 351 g/mol. The molecule has 0 saturated heterocycles. The van der Waals surface area contributed by atoms with Gasteiger partial charge >= 0.3 is 0 Å². The Labute approximate surface area is 162 Å². The molecule has 0 spiro atoms. The molecule has 1 heteroatoms. The van der Waals surface area contributed by atoms with E-state index < -0.39 is 0 Å². The summed E-state index contributed by atoms with van der Waals surface area (Å²) >= 11 is 0. The SMILES string of the molecule is C=Cc1c(/C=C\C)c2c(n1-c1ccc(-c3ccc(C)cc3)cc1)CCC=C2. The second kappa shape index (κ2) is 7.28. The van der Waals surface area contributed by atoms with Crippen molar-refractivity contribution in [3.05, 3.63) is 95.3 Å². The zero-order valence-electron chi connectivity index (χ0n) is 16.1. The highest BCUT2D eigenvalue weighted by Gasteiger charge is 2.20. The lowest BCUT2D eigenvalue weighted by Crippen LogP contribution is -2.04. The highest BCUT2D eigenvalue weighted by molar-refractivity contribution is 5.78. The smallest absolute Gasteiger partial charge is 0.0531 e. The van der Waals surface area contributed by atoms with Crippen LogP contribution >= 0.6 is 0 Å². The molecular weight excluding hydrogens is 326 g/mol. The van der Waals surface area contributed by atoms with Crippen LogP contribution in [0.25, 0.3) is 35.0 Å². The van der Waals surface area contributed by atoms with Crippen LogP contribution < -0.4 is 0 Å². The summed E-state index contributed by atoms with van der Waals surface area (Å²) in [6.07, 6.45) is 13.0. The molecule has 4 rings (SSSR count). The standard InChI is InChI=1S/C26H25N/c1-4-8-23-24-9-6-7-10-26(24)27(25(23)5-2)22-17-15-21(16-18-22)20-13-11-19(3)12-14-20/h4-6,8-9,11-18H,2,7,10H2,1,3H3/b8-4-. The number of allylic oxidation sites excluding steroid dienone is 2. The molecule has 3 aromatic rings. The predicted octanol–water partition coefficient (Wildman–Crippen LogP) is 7.09. The Bertz CT molecular complexity index is 1030. The van der Waals surface area contributed by atoms with Gasteiger partial charge in [-0.25, -0.2) is 0 Å². The van der Waals surface area contributed by atoms with E-state index in [0.717, 1.165) is 12.8 Å². The molecule has 0 bridgehead atoms. The Morgan fingerprint density at radius 1 is 0.963 bits per heavy atom. The number of hydrogen-bond donors (Lipinski definition) is 0. The van der Waals surface area contributed by atoms with E-state index in [-0.39, 0.29) is 0 Å². The Balaban J connectivity index is 1.83. The fraction of sp³-hybridized carbons (Fsp3) is 0.154. The number of aromatic nitrogens is 1. The number of benzene rings is 2. The Kier molecular flexibility index (Phi) is 4.68. The summed E-state index contributed by atoms with van der Waals surface area (Å²) in [7, 11) is 0. The summed E-state index contributed by atoms with van der Waals surface area (Å²) in [5, 5.41) is 0. The third-order valence-corrected chi connectivity index (χ3v) is 5.26. The number of hydrogen-bond acceptors (Lipinski definition) is 0. The summed E-state index contributed by atoms with van der Waals surface area (Å²) in [6, 6.07) is 17.6. The molecule has 1 aromatic heterocycles. The van der Waals surface area contributed by atoms with Crippen molar-refractivity contribution in [1.82, 2.24) is 4.57 Å². The molecule has 1 heterocycles. The monoisotopic (exact) mass is 351 g/mol. The van der Waals surface area contributed by atoms with Gasteiger partial charge < -0.3 is 4.57 Å². The topological polar surface area (TPSA) is 4.93 Å². The van der Waals surface area contributed by atoms with Gasteiger partial charge in [0, 0.05) is 22.5 Å². The summed E-state index contributed by atoms with van der Waals surface area (Å²) < 4.78 is 2.38. The summed E-state index contributed by atoms with van der Waals surface area (Å²) in [6.45, 7) is 8.29. The fourth-order valence-corrected chi connectivity index (χ4v) is 3.92. The zero-order valence-corrected chi connectivity index (χ0v) is 16.1. The number of nitrogens with zero attached hydrogens (tertiary/aromatic N) is 1. The minimum Gasteiger partial charge on any atom is -0.313 e. The van der Waals surface area contributed by atoms with E-state index in [9.17, 15) is 0 Å². The first-order valence-corrected chi connectivity index (χ1v) is 9.59. The molecule has 1 aliphatic rings. The minimum absolute atomic E-state index is 1.06. The predicted molar refractivity (Wildman–Crippen MR) is 118 cm³/mol. The highest BCUT2D eigenvalue weighted by Crippen LogP contribution is 2.34. The lowest BCUT2D eigenvalue weighted by molar-refractivity contribution is 0.870. The normalized spacial score (nSPS) is 13.1. The van der Waals surface area contributed by atoms with Crippen molar-refractivity contribution < 1.29 is 0 Å². The Morgan fingerprint density at radius 2 is 1.63 bits per heavy atom. The van der Waals surface area contributed by atoms with E-state index >= 15 is 0 Å². The van der Waals surface area contributed by atoms with E-state index in [0.29, 0.717) is 0 Å². The maximum Gasteiger partial charge on any atom is 0.0531 e. The largest absolute Gasteiger partial charge is 0.313 e. The van der Waals surface area contributed by atoms with E-state index in [1.54, 1.807) is 0 Å². The lowest BCUT2D eigenvalue weighted by atomic mass is 10.0. The third-order valence-electron chi connectivity index (χ3n) is 5.26. The molecule has 0 fully saturated rings. The van der Waals surface area contributed by atoms with Crippen LogP contribution in [0.5, 0.6) is 0 Å². The molecule has 1 aliphatic carbocycles. The van der Waals surface area contributed by atoms with Crippen LogP contribution in [0, 0.1) is 6.92 Å². The van der Waals surface area contributed by atoms with Gasteiger partial charge in [0.1, 0.15) is 0 Å². The van der Waals surface area contributed by atoms with Crippen LogP contribution in [0.2, 0.25) is 0 Å². The van der Waals surface area contributed by atoms with Crippen molar-refractivity contribution in [2.75, 3.05) is 0 Å². The Morgan fingerprint density at radius 3 is 2.26 bits per heavy atom. The number of fused-ring (bicyclic) bond motifs is 1. The van der Waals surface area contributed by atoms with Gasteiger partial charge in [-0.1, -0.05) is 72.8 Å². The zero-order chi connectivity index (χ0) is 18.8. The van der Waals surface area contributed by atoms with Crippen LogP contribution in [0.1, 0.15) is 41.4 Å². The Hall–Kier alpha value is -3.06. The second-order valence-corrected chi connectivity index (χ2v) is 7.05. The quantitative estimate of drug-likeness (QED) is 0.473. The van der Waals surface area contributed by atoms with Gasteiger partial charge in [0.2, 0.25) is 0 Å². The van der Waals surface area contributed by atoms with Gasteiger partial charge in [-0.3, -0.25) is 0 Å². The fourth-order valence-electron chi connectivity index (χ4n) is 3.92. The maximum atomic E-state index is 4.10. The third kappa shape index (κ3) is 3.10. The summed E-state index contributed by atoms with van der Waals surface area (Å²) in [4.78, 5) is 0. The molecule has 0 atom stereocenters. The molecule has 134 valence electrons. The van der Waals surface area contributed by atoms with Crippen molar-refractivity contribution in [3.63, 3.8) is 0 Å². The maximum absolute atomic E-state index is 4.10. The average Bonchev–Trinajstić information content (AvgIpc) is 3.03. The molecule has 2 aromatic carbocycles. The number of aryl methyl sites for hydroxylation is 1. The van der Waals surface area contributed by atoms with Crippen LogP contribution in [0.4, 0.5) is 0 Å². The van der Waals surface area contributed by atoms with Crippen molar-refractivity contribution in [2.45, 2.75) is 26.7 Å². The van der Waals surface area contributed by atoms with Gasteiger partial charge in [-0.05, 0) is 56.0 Å². The van der Waals surface area contributed by atoms with Crippen molar-refractivity contribution in [2.24, 2.45) is 0 Å². The summed E-state index contributed by atoms with van der Waals surface area (Å²) in [5.74, 6) is 0. The second-order valence-electron chi connectivity index (χ2n) is 7.05. The molecular formula is C26H25N. The van der Waals surface area contributed by atoms with Crippen molar-refractivity contribution in [3.8, 4) is 16.8 Å². The van der Waals surface area contributed by atoms with Crippen molar-refractivity contribution >= 4 is 18.2 Å². The molecule has 0 N–H and O–H groups in total. The lowest BCUT2D eigenvalue weighted by Gasteiger charge is -2.14. The van der Waals surface area contributed by atoms with Gasteiger partial charge in [-0.2, -0.15) is 0 Å². The first kappa shape index (κ1) is 17.4. The molecule has 0 saturated carbocycles. The molecule has 1 nitrogen and oxygen atoms in total. The minimum atomic E-state index is 1.06. The van der Waals surface area contributed by atoms with E-state index in [1.807, 2.05) is 6.08 Å². The molecule has 0 unspecified atom stereocenters. The number of rotatable bonds is 4. The molecule has 27 heavy (non-hydrogen) atoms. The van der Waals surface area contributed by atoms with Gasteiger partial charge in [-0.15, -0.1) is 0 Å². The van der Waals surface area contributed by atoms with Gasteiger partial charge in [0.05, 0.1) is 5.69 Å². The first-order valence-electron chi connectivity index (χ1n) is 9.59. The van der Waals surface area contributed by atoms with Crippen LogP contribution in [0.3, 0.4) is 0 Å².